The zero-order chi connectivity index (χ0) is 41.4. The quantitative estimate of drug-likeness (QED) is 0.0665. The van der Waals surface area contributed by atoms with E-state index >= 15 is 0 Å². The second-order valence-corrected chi connectivity index (χ2v) is 14.2. The topological polar surface area (TPSA) is 153 Å². The summed E-state index contributed by atoms with van der Waals surface area (Å²) in [5.74, 6) is 1.18. The maximum absolute atomic E-state index is 9.31. The fraction of sp³-hybridized carbons (Fsp3) is 1.00. The first kappa shape index (κ1) is 57.8. The lowest BCUT2D eigenvalue weighted by Gasteiger charge is -2.17. The van der Waals surface area contributed by atoms with Crippen LogP contribution in [0.25, 0.3) is 0 Å². The second kappa shape index (κ2) is 43.6. The fourth-order valence-corrected chi connectivity index (χ4v) is 3.61. The van der Waals surface area contributed by atoms with Crippen molar-refractivity contribution in [3.05, 3.63) is 0 Å². The van der Waals surface area contributed by atoms with Crippen LogP contribution in [0.1, 0.15) is 109 Å². The van der Waals surface area contributed by atoms with Crippen LogP contribution in [0, 0.1) is 11.8 Å². The highest BCUT2D eigenvalue weighted by atomic mass is 16.6. The molecule has 0 amide bonds. The van der Waals surface area contributed by atoms with Gasteiger partial charge in [-0.3, -0.25) is 0 Å². The molecule has 330 valence electrons. The summed E-state index contributed by atoms with van der Waals surface area (Å²) in [6.45, 7) is 33.4. The molecule has 8 atom stereocenters. The molecule has 0 bridgehead atoms. The molecule has 0 heterocycles. The molecule has 13 nitrogen and oxygen atoms in total. The van der Waals surface area contributed by atoms with Crippen molar-refractivity contribution in [3.63, 3.8) is 0 Å². The summed E-state index contributed by atoms with van der Waals surface area (Å²) in [5.41, 5.74) is 0. The summed E-state index contributed by atoms with van der Waals surface area (Å²) in [6, 6.07) is 0. The van der Waals surface area contributed by atoms with Crippen LogP contribution in [0.2, 0.25) is 0 Å². The molecule has 13 heteroatoms. The standard InChI is InChI=1S/C17H36O4.C13H28O5.C11H24O4/c1-7-15(4)11-21-17(6)13-19-9-8-18-12-16(5)20-10-14(2)3;1-4-12(14)9-17-7-6-16-8-11(3)18-10-13(15)5-2;1-4-11(12)9-15-10(3)8-14-7-6-13-5-2/h14-17H,7-13H2,1-6H3;11-15H,4-10H2,1-3H3;10-12H,4-9H2,1-3H3. The maximum Gasteiger partial charge on any atom is 0.0781 e. The molecule has 0 saturated carbocycles. The fourth-order valence-electron chi connectivity index (χ4n) is 3.61. The Bertz CT molecular complexity index is 706. The van der Waals surface area contributed by atoms with E-state index in [1.165, 1.54) is 0 Å². The number of hydrogen-bond donors (Lipinski definition) is 3. The SMILES string of the molecule is CCC(C)COC(C)COCCOCC(C)OCC(C)C.CCC(O)COCCOCC(C)OCC(O)CC.CCOCCOCC(C)OCC(O)CC. The van der Waals surface area contributed by atoms with Gasteiger partial charge in [-0.25, -0.2) is 0 Å². The number of aliphatic hydroxyl groups excluding tert-OH is 3. The Kier molecular flexibility index (Phi) is 46.7. The van der Waals surface area contributed by atoms with Crippen molar-refractivity contribution in [2.75, 3.05) is 106 Å². The average molecular weight is 789 g/mol. The van der Waals surface area contributed by atoms with E-state index in [0.29, 0.717) is 111 Å². The first-order chi connectivity index (χ1) is 25.7. The van der Waals surface area contributed by atoms with E-state index in [4.69, 9.17) is 47.4 Å². The lowest BCUT2D eigenvalue weighted by atomic mass is 10.1. The summed E-state index contributed by atoms with van der Waals surface area (Å²) in [7, 11) is 0. The zero-order valence-electron chi connectivity index (χ0n) is 36.8. The number of hydrogen-bond acceptors (Lipinski definition) is 13. The Labute approximate surface area is 331 Å². The Hall–Kier alpha value is -0.520. The third-order valence-corrected chi connectivity index (χ3v) is 7.68. The van der Waals surface area contributed by atoms with Crippen LogP contribution in [-0.2, 0) is 47.4 Å². The van der Waals surface area contributed by atoms with Crippen molar-refractivity contribution in [2.24, 2.45) is 11.8 Å². The molecule has 54 heavy (non-hydrogen) atoms. The minimum Gasteiger partial charge on any atom is -0.391 e. The van der Waals surface area contributed by atoms with Crippen LogP contribution in [0.5, 0.6) is 0 Å². The Balaban J connectivity index is -0.000000733. The van der Waals surface area contributed by atoms with Gasteiger partial charge in [0.25, 0.3) is 0 Å². The van der Waals surface area contributed by atoms with Crippen LogP contribution in [0.3, 0.4) is 0 Å². The van der Waals surface area contributed by atoms with Crippen LogP contribution in [0.4, 0.5) is 0 Å². The summed E-state index contributed by atoms with van der Waals surface area (Å²) >= 11 is 0. The van der Waals surface area contributed by atoms with Gasteiger partial charge >= 0.3 is 0 Å². The Morgan fingerprint density at radius 2 is 0.630 bits per heavy atom. The molecule has 0 aliphatic rings. The van der Waals surface area contributed by atoms with Gasteiger partial charge in [-0.15, -0.1) is 0 Å². The number of rotatable bonds is 36. The van der Waals surface area contributed by atoms with E-state index in [0.717, 1.165) is 32.7 Å². The van der Waals surface area contributed by atoms with Gasteiger partial charge in [0.2, 0.25) is 0 Å². The monoisotopic (exact) mass is 789 g/mol. The Morgan fingerprint density at radius 3 is 0.944 bits per heavy atom. The molecule has 0 aromatic rings. The van der Waals surface area contributed by atoms with E-state index in [9.17, 15) is 15.3 Å². The molecule has 0 saturated heterocycles. The van der Waals surface area contributed by atoms with Gasteiger partial charge in [-0.2, -0.15) is 0 Å². The maximum atomic E-state index is 9.31. The lowest BCUT2D eigenvalue weighted by Crippen LogP contribution is -2.23. The highest BCUT2D eigenvalue weighted by Gasteiger charge is 2.09. The van der Waals surface area contributed by atoms with Gasteiger partial charge in [0, 0.05) is 19.8 Å². The molecular formula is C41H88O13. The normalized spacial score (nSPS) is 16.0. The van der Waals surface area contributed by atoms with E-state index in [2.05, 4.69) is 27.7 Å². The summed E-state index contributed by atoms with van der Waals surface area (Å²) in [4.78, 5) is 0. The van der Waals surface area contributed by atoms with Gasteiger partial charge in [-0.1, -0.05) is 54.9 Å². The first-order valence-electron chi connectivity index (χ1n) is 20.7. The van der Waals surface area contributed by atoms with E-state index in [-0.39, 0.29) is 36.6 Å². The van der Waals surface area contributed by atoms with Crippen molar-refractivity contribution in [1.29, 1.82) is 0 Å². The van der Waals surface area contributed by atoms with Crippen LogP contribution < -0.4 is 0 Å². The highest BCUT2D eigenvalue weighted by Crippen LogP contribution is 2.04. The van der Waals surface area contributed by atoms with Crippen LogP contribution in [0.15, 0.2) is 0 Å². The minimum absolute atomic E-state index is 0.0211. The summed E-state index contributed by atoms with van der Waals surface area (Å²) < 4.78 is 54.3. The van der Waals surface area contributed by atoms with Crippen molar-refractivity contribution >= 4 is 0 Å². The second-order valence-electron chi connectivity index (χ2n) is 14.2. The number of ether oxygens (including phenoxy) is 10. The molecular weight excluding hydrogens is 700 g/mol. The van der Waals surface area contributed by atoms with Gasteiger partial charge in [0.1, 0.15) is 0 Å². The molecule has 0 rings (SSSR count). The molecule has 8 unspecified atom stereocenters. The van der Waals surface area contributed by atoms with E-state index < -0.39 is 6.10 Å². The van der Waals surface area contributed by atoms with E-state index in [1.807, 2.05) is 55.4 Å². The van der Waals surface area contributed by atoms with Gasteiger partial charge < -0.3 is 62.7 Å². The Morgan fingerprint density at radius 1 is 0.333 bits per heavy atom. The van der Waals surface area contributed by atoms with Gasteiger partial charge in [0.05, 0.1) is 129 Å². The molecule has 0 radical (unpaired) electrons. The molecule has 0 aromatic carbocycles. The van der Waals surface area contributed by atoms with Crippen molar-refractivity contribution < 1.29 is 62.7 Å². The lowest BCUT2D eigenvalue weighted by molar-refractivity contribution is -0.0538. The molecule has 3 N–H and O–H groups in total. The molecule has 0 fully saturated rings. The minimum atomic E-state index is -0.397. The summed E-state index contributed by atoms with van der Waals surface area (Å²) in [5, 5.41) is 27.8. The largest absolute Gasteiger partial charge is 0.391 e. The average Bonchev–Trinajstić information content (AvgIpc) is 3.16. The van der Waals surface area contributed by atoms with Crippen LogP contribution >= 0.6 is 0 Å². The highest BCUT2D eigenvalue weighted by molar-refractivity contribution is 4.56. The van der Waals surface area contributed by atoms with Crippen molar-refractivity contribution in [3.8, 4) is 0 Å². The smallest absolute Gasteiger partial charge is 0.0781 e. The predicted molar refractivity (Wildman–Crippen MR) is 215 cm³/mol. The third-order valence-electron chi connectivity index (χ3n) is 7.68. The van der Waals surface area contributed by atoms with Gasteiger partial charge in [0.15, 0.2) is 0 Å². The molecule has 0 aliphatic heterocycles. The zero-order valence-corrected chi connectivity index (χ0v) is 36.8. The van der Waals surface area contributed by atoms with Crippen LogP contribution in [-0.4, -0.2) is 164 Å². The number of aliphatic hydroxyl groups is 3. The molecule has 0 aliphatic carbocycles. The summed E-state index contributed by atoms with van der Waals surface area (Å²) in [6.07, 6.45) is 2.39. The van der Waals surface area contributed by atoms with E-state index in [1.54, 1.807) is 0 Å². The third kappa shape index (κ3) is 47.6. The van der Waals surface area contributed by atoms with Crippen molar-refractivity contribution in [2.45, 2.75) is 151 Å². The van der Waals surface area contributed by atoms with Gasteiger partial charge in [-0.05, 0) is 65.7 Å². The van der Waals surface area contributed by atoms with Crippen molar-refractivity contribution in [1.82, 2.24) is 0 Å². The molecule has 0 spiro atoms. The predicted octanol–water partition coefficient (Wildman–Crippen LogP) is 5.71. The first-order valence-corrected chi connectivity index (χ1v) is 20.7. The molecule has 0 aromatic heterocycles.